The number of hydrogen-bond acceptors (Lipinski definition) is 3. The zero-order chi connectivity index (χ0) is 14.9. The lowest BCUT2D eigenvalue weighted by atomic mass is 10.2. The molecule has 0 unspecified atom stereocenters. The Morgan fingerprint density at radius 3 is 2.70 bits per heavy atom. The van der Waals surface area contributed by atoms with Gasteiger partial charge in [0.05, 0.1) is 16.9 Å². The maximum Gasteiger partial charge on any atom is 0.273 e. The fourth-order valence-corrected chi connectivity index (χ4v) is 2.28. The minimum Gasteiger partial charge on any atom is -0.336 e. The van der Waals surface area contributed by atoms with Gasteiger partial charge in [-0.2, -0.15) is 10.2 Å². The van der Waals surface area contributed by atoms with E-state index in [0.717, 1.165) is 17.8 Å². The summed E-state index contributed by atoms with van der Waals surface area (Å²) in [6.07, 6.45) is 3.44. The van der Waals surface area contributed by atoms with Crippen molar-refractivity contribution in [3.63, 3.8) is 0 Å². The molecule has 0 aliphatic heterocycles. The minimum atomic E-state index is -0.154. The lowest BCUT2D eigenvalue weighted by Crippen LogP contribution is -2.28. The SMILES string of the molecule is CCn1cc(CN(C)C(=O)c2c(Cl)cnn2C)c(C)n1. The average molecular weight is 296 g/mol. The third-order valence-corrected chi connectivity index (χ3v) is 3.50. The molecule has 2 rings (SSSR count). The number of carbonyl (C=O) groups excluding carboxylic acids is 1. The van der Waals surface area contributed by atoms with Gasteiger partial charge in [-0.3, -0.25) is 14.2 Å². The van der Waals surface area contributed by atoms with E-state index in [1.807, 2.05) is 24.7 Å². The first kappa shape index (κ1) is 14.6. The van der Waals surface area contributed by atoms with Gasteiger partial charge in [0.1, 0.15) is 5.69 Å². The predicted octanol–water partition coefficient (Wildman–Crippen LogP) is 1.87. The number of hydrogen-bond donors (Lipinski definition) is 0. The van der Waals surface area contributed by atoms with Gasteiger partial charge < -0.3 is 4.90 Å². The minimum absolute atomic E-state index is 0.154. The van der Waals surface area contributed by atoms with Crippen molar-refractivity contribution < 1.29 is 4.79 Å². The Morgan fingerprint density at radius 2 is 2.20 bits per heavy atom. The summed E-state index contributed by atoms with van der Waals surface area (Å²) < 4.78 is 3.35. The highest BCUT2D eigenvalue weighted by Gasteiger charge is 2.20. The van der Waals surface area contributed by atoms with Crippen LogP contribution in [-0.4, -0.2) is 37.4 Å². The number of amides is 1. The van der Waals surface area contributed by atoms with Crippen LogP contribution in [0, 0.1) is 6.92 Å². The van der Waals surface area contributed by atoms with Crippen molar-refractivity contribution in [2.75, 3.05) is 7.05 Å². The highest BCUT2D eigenvalue weighted by molar-refractivity contribution is 6.33. The van der Waals surface area contributed by atoms with Gasteiger partial charge in [0.2, 0.25) is 0 Å². The summed E-state index contributed by atoms with van der Waals surface area (Å²) in [4.78, 5) is 14.0. The fourth-order valence-electron chi connectivity index (χ4n) is 2.04. The number of rotatable bonds is 4. The Morgan fingerprint density at radius 1 is 1.50 bits per heavy atom. The molecular weight excluding hydrogens is 278 g/mol. The normalized spacial score (nSPS) is 10.8. The first-order valence-corrected chi connectivity index (χ1v) is 6.77. The van der Waals surface area contributed by atoms with Crippen molar-refractivity contribution in [3.8, 4) is 0 Å². The molecule has 6 nitrogen and oxygen atoms in total. The van der Waals surface area contributed by atoms with Gasteiger partial charge in [-0.15, -0.1) is 0 Å². The molecule has 1 amide bonds. The Balaban J connectivity index is 2.17. The molecular formula is C13H18ClN5O. The molecule has 0 saturated heterocycles. The molecule has 0 fully saturated rings. The molecule has 0 spiro atoms. The van der Waals surface area contributed by atoms with Crippen molar-refractivity contribution in [1.82, 2.24) is 24.5 Å². The molecule has 20 heavy (non-hydrogen) atoms. The van der Waals surface area contributed by atoms with Gasteiger partial charge in [0.15, 0.2) is 0 Å². The van der Waals surface area contributed by atoms with Gasteiger partial charge in [-0.05, 0) is 13.8 Å². The van der Waals surface area contributed by atoms with Crippen LogP contribution in [0.3, 0.4) is 0 Å². The monoisotopic (exact) mass is 295 g/mol. The molecule has 7 heteroatoms. The molecule has 0 aliphatic carbocycles. The third-order valence-electron chi connectivity index (χ3n) is 3.22. The Hall–Kier alpha value is -1.82. The van der Waals surface area contributed by atoms with Gasteiger partial charge in [0, 0.05) is 38.9 Å². The van der Waals surface area contributed by atoms with Crippen molar-refractivity contribution in [2.24, 2.45) is 7.05 Å². The summed E-state index contributed by atoms with van der Waals surface area (Å²) in [6, 6.07) is 0. The van der Waals surface area contributed by atoms with E-state index in [1.54, 1.807) is 19.0 Å². The average Bonchev–Trinajstić information content (AvgIpc) is 2.92. The highest BCUT2D eigenvalue weighted by atomic mass is 35.5. The van der Waals surface area contributed by atoms with E-state index >= 15 is 0 Å². The van der Waals surface area contributed by atoms with Gasteiger partial charge in [-0.1, -0.05) is 11.6 Å². The van der Waals surface area contributed by atoms with Gasteiger partial charge in [-0.25, -0.2) is 0 Å². The number of carbonyl (C=O) groups is 1. The maximum absolute atomic E-state index is 12.4. The van der Waals surface area contributed by atoms with E-state index in [0.29, 0.717) is 17.3 Å². The fraction of sp³-hybridized carbons (Fsp3) is 0.462. The summed E-state index contributed by atoms with van der Waals surface area (Å²) in [5.74, 6) is -0.154. The molecule has 2 aromatic heterocycles. The number of nitrogens with zero attached hydrogens (tertiary/aromatic N) is 5. The van der Waals surface area contributed by atoms with Crippen molar-refractivity contribution in [2.45, 2.75) is 26.9 Å². The number of aromatic nitrogens is 4. The van der Waals surface area contributed by atoms with Crippen molar-refractivity contribution >= 4 is 17.5 Å². The first-order valence-electron chi connectivity index (χ1n) is 6.40. The molecule has 0 N–H and O–H groups in total. The molecule has 0 aromatic carbocycles. The van der Waals surface area contributed by atoms with E-state index in [9.17, 15) is 4.79 Å². The maximum atomic E-state index is 12.4. The van der Waals surface area contributed by atoms with Gasteiger partial charge in [0.25, 0.3) is 5.91 Å². The van der Waals surface area contributed by atoms with Crippen LogP contribution < -0.4 is 0 Å². The molecule has 0 aliphatic rings. The standard InChI is InChI=1S/C13H18ClN5O/c1-5-19-8-10(9(2)16-19)7-17(3)13(20)12-11(14)6-15-18(12)4/h6,8H,5,7H2,1-4H3. The molecule has 0 radical (unpaired) electrons. The van der Waals surface area contributed by atoms with Crippen LogP contribution in [0.15, 0.2) is 12.4 Å². The highest BCUT2D eigenvalue weighted by Crippen LogP contribution is 2.17. The zero-order valence-corrected chi connectivity index (χ0v) is 12.8. The lowest BCUT2D eigenvalue weighted by Gasteiger charge is -2.17. The quantitative estimate of drug-likeness (QED) is 0.865. The second-order valence-electron chi connectivity index (χ2n) is 4.72. The summed E-state index contributed by atoms with van der Waals surface area (Å²) in [7, 11) is 3.45. The van der Waals surface area contributed by atoms with Crippen LogP contribution in [0.25, 0.3) is 0 Å². The summed E-state index contributed by atoms with van der Waals surface area (Å²) in [5, 5.41) is 8.72. The topological polar surface area (TPSA) is 56.0 Å². The summed E-state index contributed by atoms with van der Waals surface area (Å²) in [6.45, 7) is 5.27. The van der Waals surface area contributed by atoms with Crippen LogP contribution >= 0.6 is 11.6 Å². The smallest absolute Gasteiger partial charge is 0.273 e. The van der Waals surface area contributed by atoms with Crippen LogP contribution in [0.4, 0.5) is 0 Å². The Bertz CT molecular complexity index is 611. The summed E-state index contributed by atoms with van der Waals surface area (Å²) >= 11 is 6.00. The number of halogens is 1. The van der Waals surface area contributed by atoms with Crippen molar-refractivity contribution in [3.05, 3.63) is 34.4 Å². The largest absolute Gasteiger partial charge is 0.336 e. The second-order valence-corrected chi connectivity index (χ2v) is 5.13. The van der Waals surface area contributed by atoms with Crippen LogP contribution in [0.5, 0.6) is 0 Å². The summed E-state index contributed by atoms with van der Waals surface area (Å²) in [5.41, 5.74) is 2.36. The lowest BCUT2D eigenvalue weighted by molar-refractivity contribution is 0.0774. The third kappa shape index (κ3) is 2.70. The first-order chi connectivity index (χ1) is 9.43. The molecule has 2 aromatic rings. The number of aryl methyl sites for hydroxylation is 3. The van der Waals surface area contributed by atoms with Crippen LogP contribution in [-0.2, 0) is 20.1 Å². The Labute approximate surface area is 122 Å². The van der Waals surface area contributed by atoms with E-state index in [1.165, 1.54) is 10.9 Å². The van der Waals surface area contributed by atoms with Crippen LogP contribution in [0.1, 0.15) is 28.7 Å². The molecule has 2 heterocycles. The Kier molecular flexibility index (Phi) is 4.13. The van der Waals surface area contributed by atoms with E-state index in [-0.39, 0.29) is 5.91 Å². The van der Waals surface area contributed by atoms with E-state index < -0.39 is 0 Å². The zero-order valence-electron chi connectivity index (χ0n) is 12.1. The predicted molar refractivity (Wildman–Crippen MR) is 76.7 cm³/mol. The molecule has 108 valence electrons. The molecule has 0 bridgehead atoms. The molecule has 0 atom stereocenters. The van der Waals surface area contributed by atoms with E-state index in [4.69, 9.17) is 11.6 Å². The van der Waals surface area contributed by atoms with E-state index in [2.05, 4.69) is 10.2 Å². The van der Waals surface area contributed by atoms with Crippen molar-refractivity contribution in [1.29, 1.82) is 0 Å². The second kappa shape index (κ2) is 5.66. The van der Waals surface area contributed by atoms with Crippen LogP contribution in [0.2, 0.25) is 5.02 Å². The van der Waals surface area contributed by atoms with Gasteiger partial charge >= 0.3 is 0 Å². The molecule has 0 saturated carbocycles.